The zero-order chi connectivity index (χ0) is 22.1. The highest BCUT2D eigenvalue weighted by Gasteiger charge is 2.25. The quantitative estimate of drug-likeness (QED) is 0.176. The Bertz CT molecular complexity index is 886. The van der Waals surface area contributed by atoms with E-state index in [9.17, 15) is 4.79 Å². The van der Waals surface area contributed by atoms with Crippen LogP contribution < -0.4 is 9.64 Å². The van der Waals surface area contributed by atoms with Gasteiger partial charge in [0.15, 0.2) is 0 Å². The van der Waals surface area contributed by atoms with Gasteiger partial charge in [0.1, 0.15) is 5.75 Å². The van der Waals surface area contributed by atoms with E-state index in [0.717, 1.165) is 22.9 Å². The summed E-state index contributed by atoms with van der Waals surface area (Å²) in [6.07, 6.45) is 8.50. The SMILES string of the molecule is CCCCC1CSc2cc(O/C=C/C(=O)OCC)c(SC)cc2N(c2ccccc2)C1. The Labute approximate surface area is 194 Å². The summed E-state index contributed by atoms with van der Waals surface area (Å²) in [6, 6.07) is 15.0. The zero-order valence-corrected chi connectivity index (χ0v) is 20.1. The number of carbonyl (C=O) groups is 1. The third-order valence-corrected chi connectivity index (χ3v) is 7.21. The molecule has 0 radical (unpaired) electrons. The van der Waals surface area contributed by atoms with Gasteiger partial charge in [-0.05, 0) is 49.8 Å². The molecule has 3 rings (SSSR count). The van der Waals surface area contributed by atoms with Gasteiger partial charge in [-0.3, -0.25) is 0 Å². The van der Waals surface area contributed by atoms with Gasteiger partial charge in [0.05, 0.1) is 29.5 Å². The average Bonchev–Trinajstić information content (AvgIpc) is 2.97. The van der Waals surface area contributed by atoms with Crippen LogP contribution in [-0.4, -0.2) is 31.1 Å². The van der Waals surface area contributed by atoms with Crippen molar-refractivity contribution < 1.29 is 14.3 Å². The summed E-state index contributed by atoms with van der Waals surface area (Å²) in [5, 5.41) is 0. The molecule has 0 aromatic heterocycles. The molecular formula is C25H31NO3S2. The molecule has 0 saturated carbocycles. The van der Waals surface area contributed by atoms with Crippen LogP contribution in [0.5, 0.6) is 5.75 Å². The second kappa shape index (κ2) is 12.1. The standard InChI is InChI=1S/C25H31NO3S2/c1-4-6-10-19-17-26(20-11-8-7-9-12-20)21-15-24(30-3)22(16-23(21)31-18-19)29-14-13-25(27)28-5-2/h7-9,11-16,19H,4-6,10,17-18H2,1-3H3/b14-13+. The first-order valence-electron chi connectivity index (χ1n) is 10.8. The van der Waals surface area contributed by atoms with Crippen molar-refractivity contribution in [3.63, 3.8) is 0 Å². The number of benzene rings is 2. The van der Waals surface area contributed by atoms with E-state index >= 15 is 0 Å². The van der Waals surface area contributed by atoms with Crippen molar-refractivity contribution in [2.24, 2.45) is 5.92 Å². The summed E-state index contributed by atoms with van der Waals surface area (Å²) in [5.41, 5.74) is 2.44. The van der Waals surface area contributed by atoms with E-state index in [1.165, 1.54) is 47.9 Å². The Kier molecular flexibility index (Phi) is 9.22. The first-order valence-corrected chi connectivity index (χ1v) is 13.0. The van der Waals surface area contributed by atoms with Gasteiger partial charge in [-0.25, -0.2) is 4.79 Å². The molecule has 0 amide bonds. The highest BCUT2D eigenvalue weighted by molar-refractivity contribution is 7.99. The maximum absolute atomic E-state index is 11.6. The molecule has 0 spiro atoms. The summed E-state index contributed by atoms with van der Waals surface area (Å²) in [5.74, 6) is 2.08. The number of anilines is 2. The van der Waals surface area contributed by atoms with Crippen molar-refractivity contribution in [1.82, 2.24) is 0 Å². The van der Waals surface area contributed by atoms with Crippen LogP contribution in [0.15, 0.2) is 64.6 Å². The monoisotopic (exact) mass is 457 g/mol. The second-order valence-electron chi connectivity index (χ2n) is 7.41. The topological polar surface area (TPSA) is 38.8 Å². The first kappa shape index (κ1) is 23.6. The molecule has 2 aromatic carbocycles. The molecule has 2 aromatic rings. The van der Waals surface area contributed by atoms with Crippen LogP contribution in [0, 0.1) is 5.92 Å². The summed E-state index contributed by atoms with van der Waals surface area (Å²) in [4.78, 5) is 16.3. The number of thioether (sulfide) groups is 2. The lowest BCUT2D eigenvalue weighted by Crippen LogP contribution is -2.25. The summed E-state index contributed by atoms with van der Waals surface area (Å²) in [6.45, 7) is 5.41. The third-order valence-electron chi connectivity index (χ3n) is 5.17. The average molecular weight is 458 g/mol. The third kappa shape index (κ3) is 6.47. The number of carbonyl (C=O) groups excluding carboxylic acids is 1. The molecule has 0 fully saturated rings. The number of esters is 1. The summed E-state index contributed by atoms with van der Waals surface area (Å²) < 4.78 is 10.8. The lowest BCUT2D eigenvalue weighted by atomic mass is 10.0. The van der Waals surface area contributed by atoms with E-state index in [0.29, 0.717) is 12.5 Å². The maximum atomic E-state index is 11.6. The van der Waals surface area contributed by atoms with Crippen molar-refractivity contribution in [2.75, 3.05) is 30.1 Å². The number of hydrogen-bond donors (Lipinski definition) is 0. The van der Waals surface area contributed by atoms with Crippen molar-refractivity contribution in [3.05, 3.63) is 54.8 Å². The lowest BCUT2D eigenvalue weighted by molar-refractivity contribution is -0.137. The first-order chi connectivity index (χ1) is 15.2. The predicted octanol–water partition coefficient (Wildman–Crippen LogP) is 6.91. The molecule has 1 unspecified atom stereocenters. The Hall–Kier alpha value is -2.05. The van der Waals surface area contributed by atoms with Gasteiger partial charge in [-0.15, -0.1) is 23.5 Å². The van der Waals surface area contributed by atoms with E-state index in [4.69, 9.17) is 9.47 Å². The van der Waals surface area contributed by atoms with Crippen molar-refractivity contribution >= 4 is 40.9 Å². The van der Waals surface area contributed by atoms with Gasteiger partial charge in [0.2, 0.25) is 0 Å². The van der Waals surface area contributed by atoms with Crippen LogP contribution in [-0.2, 0) is 9.53 Å². The van der Waals surface area contributed by atoms with E-state index in [-0.39, 0.29) is 0 Å². The number of fused-ring (bicyclic) bond motifs is 1. The van der Waals surface area contributed by atoms with E-state index in [1.807, 2.05) is 18.0 Å². The molecule has 1 atom stereocenters. The molecule has 6 heteroatoms. The Morgan fingerprint density at radius 1 is 1.26 bits per heavy atom. The maximum Gasteiger partial charge on any atom is 0.333 e. The van der Waals surface area contributed by atoms with Crippen molar-refractivity contribution in [1.29, 1.82) is 0 Å². The summed E-state index contributed by atoms with van der Waals surface area (Å²) >= 11 is 3.55. The van der Waals surface area contributed by atoms with Crippen molar-refractivity contribution in [3.8, 4) is 5.75 Å². The minimum atomic E-state index is -0.397. The molecule has 0 saturated heterocycles. The van der Waals surface area contributed by atoms with E-state index < -0.39 is 5.97 Å². The number of nitrogens with zero attached hydrogens (tertiary/aromatic N) is 1. The van der Waals surface area contributed by atoms with Crippen LogP contribution in [0.25, 0.3) is 0 Å². The number of para-hydroxylation sites is 1. The van der Waals surface area contributed by atoms with E-state index in [2.05, 4.69) is 54.3 Å². The number of ether oxygens (including phenoxy) is 2. The molecule has 31 heavy (non-hydrogen) atoms. The molecule has 1 heterocycles. The Morgan fingerprint density at radius 2 is 2.06 bits per heavy atom. The molecule has 1 aliphatic rings. The van der Waals surface area contributed by atoms with Gasteiger partial charge < -0.3 is 14.4 Å². The van der Waals surface area contributed by atoms with Gasteiger partial charge >= 0.3 is 5.97 Å². The van der Waals surface area contributed by atoms with Crippen LogP contribution >= 0.6 is 23.5 Å². The van der Waals surface area contributed by atoms with Crippen LogP contribution in [0.3, 0.4) is 0 Å². The highest BCUT2D eigenvalue weighted by Crippen LogP contribution is 2.45. The number of hydrogen-bond acceptors (Lipinski definition) is 6. The lowest BCUT2D eigenvalue weighted by Gasteiger charge is -2.28. The van der Waals surface area contributed by atoms with E-state index in [1.54, 1.807) is 18.7 Å². The smallest absolute Gasteiger partial charge is 0.333 e. The zero-order valence-electron chi connectivity index (χ0n) is 18.5. The van der Waals surface area contributed by atoms with Crippen LogP contribution in [0.2, 0.25) is 0 Å². The fourth-order valence-electron chi connectivity index (χ4n) is 3.60. The summed E-state index contributed by atoms with van der Waals surface area (Å²) in [7, 11) is 0. The minimum Gasteiger partial charge on any atom is -0.464 e. The van der Waals surface area contributed by atoms with Crippen LogP contribution in [0.1, 0.15) is 33.1 Å². The molecular weight excluding hydrogens is 426 g/mol. The normalized spacial score (nSPS) is 16.1. The largest absolute Gasteiger partial charge is 0.464 e. The van der Waals surface area contributed by atoms with Crippen LogP contribution in [0.4, 0.5) is 11.4 Å². The highest BCUT2D eigenvalue weighted by atomic mass is 32.2. The predicted molar refractivity (Wildman–Crippen MR) is 132 cm³/mol. The molecule has 4 nitrogen and oxygen atoms in total. The fourth-order valence-corrected chi connectivity index (χ4v) is 5.33. The second-order valence-corrected chi connectivity index (χ2v) is 9.32. The molecule has 166 valence electrons. The number of unbranched alkanes of at least 4 members (excludes halogenated alkanes) is 1. The molecule has 1 aliphatic heterocycles. The van der Waals surface area contributed by atoms with Gasteiger partial charge in [-0.2, -0.15) is 0 Å². The Balaban J connectivity index is 1.93. The molecule has 0 bridgehead atoms. The Morgan fingerprint density at radius 3 is 2.77 bits per heavy atom. The fraction of sp³-hybridized carbons (Fsp3) is 0.400. The minimum absolute atomic E-state index is 0.350. The van der Waals surface area contributed by atoms with Gasteiger partial charge in [0, 0.05) is 22.9 Å². The molecule has 0 N–H and O–H groups in total. The van der Waals surface area contributed by atoms with Gasteiger partial charge in [0.25, 0.3) is 0 Å². The molecule has 0 aliphatic carbocycles. The van der Waals surface area contributed by atoms with Gasteiger partial charge in [-0.1, -0.05) is 38.0 Å². The van der Waals surface area contributed by atoms with Crippen molar-refractivity contribution in [2.45, 2.75) is 42.9 Å². The number of rotatable bonds is 9.